The van der Waals surface area contributed by atoms with Crippen LogP contribution in [0.1, 0.15) is 17.3 Å². The van der Waals surface area contributed by atoms with E-state index in [-0.39, 0.29) is 12.2 Å². The normalized spacial score (nSPS) is 9.93. The van der Waals surface area contributed by atoms with Gasteiger partial charge in [0.1, 0.15) is 0 Å². The van der Waals surface area contributed by atoms with Crippen LogP contribution in [0.15, 0.2) is 12.1 Å². The van der Waals surface area contributed by atoms with Crippen molar-refractivity contribution in [1.82, 2.24) is 0 Å². The molecule has 0 spiro atoms. The Morgan fingerprint density at radius 3 is 2.86 bits per heavy atom. The molecule has 1 aromatic carbocycles. The van der Waals surface area contributed by atoms with Crippen LogP contribution in [0.2, 0.25) is 5.02 Å². The molecule has 0 aromatic heterocycles. The van der Waals surface area contributed by atoms with Gasteiger partial charge in [0.25, 0.3) is 0 Å². The van der Waals surface area contributed by atoms with Gasteiger partial charge in [-0.3, -0.25) is 0 Å². The first kappa shape index (κ1) is 10.8. The number of rotatable bonds is 2. The Hall–Kier alpha value is -1.29. The van der Waals surface area contributed by atoms with Crippen LogP contribution in [-0.2, 0) is 4.74 Å². The van der Waals surface area contributed by atoms with Crippen LogP contribution in [0.3, 0.4) is 0 Å². The van der Waals surface area contributed by atoms with Crippen molar-refractivity contribution in [2.45, 2.75) is 6.92 Å². The molecule has 0 fully saturated rings. The van der Waals surface area contributed by atoms with Gasteiger partial charge in [0.15, 0.2) is 11.6 Å². The summed E-state index contributed by atoms with van der Waals surface area (Å²) in [6, 6.07) is 2.26. The first-order valence-electron chi connectivity index (χ1n) is 3.92. The highest BCUT2D eigenvalue weighted by Crippen LogP contribution is 2.27. The van der Waals surface area contributed by atoms with E-state index in [1.54, 1.807) is 6.92 Å². The fraction of sp³-hybridized carbons (Fsp3) is 0.222. The number of halogens is 2. The van der Waals surface area contributed by atoms with Crippen LogP contribution >= 0.6 is 11.6 Å². The monoisotopic (exact) mass is 218 g/mol. The van der Waals surface area contributed by atoms with Gasteiger partial charge in [-0.1, -0.05) is 11.6 Å². The average molecular weight is 219 g/mol. The lowest BCUT2D eigenvalue weighted by Gasteiger charge is -2.05. The summed E-state index contributed by atoms with van der Waals surface area (Å²) in [6.07, 6.45) is 0. The van der Waals surface area contributed by atoms with E-state index in [1.807, 2.05) is 0 Å². The second-order valence-corrected chi connectivity index (χ2v) is 2.86. The predicted molar refractivity (Wildman–Crippen MR) is 49.0 cm³/mol. The maximum Gasteiger partial charge on any atom is 0.339 e. The van der Waals surface area contributed by atoms with E-state index in [0.717, 1.165) is 6.07 Å². The summed E-state index contributed by atoms with van der Waals surface area (Å²) in [7, 11) is 0. The molecule has 1 rings (SSSR count). The molecule has 0 unspecified atom stereocenters. The van der Waals surface area contributed by atoms with Crippen LogP contribution < -0.4 is 0 Å². The van der Waals surface area contributed by atoms with E-state index in [1.165, 1.54) is 6.07 Å². The largest absolute Gasteiger partial charge is 0.505 e. The molecule has 0 radical (unpaired) electrons. The quantitative estimate of drug-likeness (QED) is 0.776. The zero-order valence-electron chi connectivity index (χ0n) is 7.38. The maximum atomic E-state index is 13.0. The van der Waals surface area contributed by atoms with Crippen molar-refractivity contribution in [1.29, 1.82) is 0 Å². The third-order valence-electron chi connectivity index (χ3n) is 1.56. The van der Waals surface area contributed by atoms with Crippen molar-refractivity contribution >= 4 is 17.6 Å². The fourth-order valence-corrected chi connectivity index (χ4v) is 1.14. The lowest BCUT2D eigenvalue weighted by Crippen LogP contribution is -2.06. The molecule has 0 aliphatic carbocycles. The van der Waals surface area contributed by atoms with Gasteiger partial charge in [-0.25, -0.2) is 9.18 Å². The SMILES string of the molecule is CCOC(=O)c1ccc(O)c(F)c1Cl. The van der Waals surface area contributed by atoms with Crippen LogP contribution in [0.5, 0.6) is 5.75 Å². The lowest BCUT2D eigenvalue weighted by atomic mass is 10.2. The number of esters is 1. The van der Waals surface area contributed by atoms with Gasteiger partial charge < -0.3 is 9.84 Å². The van der Waals surface area contributed by atoms with E-state index in [4.69, 9.17) is 16.7 Å². The smallest absolute Gasteiger partial charge is 0.339 e. The summed E-state index contributed by atoms with van der Waals surface area (Å²) in [5.74, 6) is -2.32. The molecule has 5 heteroatoms. The minimum Gasteiger partial charge on any atom is -0.505 e. The van der Waals surface area contributed by atoms with Crippen molar-refractivity contribution in [3.05, 3.63) is 28.5 Å². The highest BCUT2D eigenvalue weighted by molar-refractivity contribution is 6.33. The van der Waals surface area contributed by atoms with Gasteiger partial charge in [-0.05, 0) is 19.1 Å². The Labute approximate surface area is 85.1 Å². The fourth-order valence-electron chi connectivity index (χ4n) is 0.906. The molecule has 0 heterocycles. The number of hydrogen-bond donors (Lipinski definition) is 1. The predicted octanol–water partition coefficient (Wildman–Crippen LogP) is 2.36. The number of carbonyl (C=O) groups excluding carboxylic acids is 1. The number of phenolic OH excluding ortho intramolecular Hbond substituents is 1. The summed E-state index contributed by atoms with van der Waals surface area (Å²) >= 11 is 5.49. The number of aromatic hydroxyl groups is 1. The molecule has 14 heavy (non-hydrogen) atoms. The second kappa shape index (κ2) is 4.28. The average Bonchev–Trinajstić information content (AvgIpc) is 2.15. The number of carbonyl (C=O) groups is 1. The van der Waals surface area contributed by atoms with Gasteiger partial charge in [-0.2, -0.15) is 0 Å². The third-order valence-corrected chi connectivity index (χ3v) is 1.93. The van der Waals surface area contributed by atoms with Gasteiger partial charge in [0, 0.05) is 0 Å². The molecule has 0 saturated heterocycles. The molecule has 0 bridgehead atoms. The summed E-state index contributed by atoms with van der Waals surface area (Å²) in [5.41, 5.74) is -0.0937. The summed E-state index contributed by atoms with van der Waals surface area (Å²) < 4.78 is 17.6. The molecule has 0 atom stereocenters. The molecule has 0 aliphatic rings. The molecule has 76 valence electrons. The Balaban J connectivity index is 3.11. The van der Waals surface area contributed by atoms with Gasteiger partial charge in [0.05, 0.1) is 17.2 Å². The van der Waals surface area contributed by atoms with Crippen LogP contribution in [-0.4, -0.2) is 17.7 Å². The minimum atomic E-state index is -1.02. The molecule has 0 aliphatic heterocycles. The first-order chi connectivity index (χ1) is 6.57. The molecular formula is C9H8ClFO3. The molecule has 1 aromatic rings. The van der Waals surface area contributed by atoms with E-state index in [9.17, 15) is 9.18 Å². The summed E-state index contributed by atoms with van der Waals surface area (Å²) in [4.78, 5) is 11.2. The van der Waals surface area contributed by atoms with E-state index >= 15 is 0 Å². The van der Waals surface area contributed by atoms with E-state index in [2.05, 4.69) is 4.74 Å². The summed E-state index contributed by atoms with van der Waals surface area (Å²) in [5, 5.41) is 8.50. The van der Waals surface area contributed by atoms with Crippen molar-refractivity contribution in [3.63, 3.8) is 0 Å². The standard InChI is InChI=1S/C9H8ClFO3/c1-2-14-9(13)5-3-4-6(12)8(11)7(5)10/h3-4,12H,2H2,1H3. The van der Waals surface area contributed by atoms with Gasteiger partial charge >= 0.3 is 5.97 Å². The highest BCUT2D eigenvalue weighted by Gasteiger charge is 2.17. The van der Waals surface area contributed by atoms with Crippen molar-refractivity contribution in [2.24, 2.45) is 0 Å². The van der Waals surface area contributed by atoms with Crippen molar-refractivity contribution in [2.75, 3.05) is 6.61 Å². The lowest BCUT2D eigenvalue weighted by molar-refractivity contribution is 0.0526. The topological polar surface area (TPSA) is 46.5 Å². The number of ether oxygens (including phenoxy) is 1. The van der Waals surface area contributed by atoms with Crippen LogP contribution in [0, 0.1) is 5.82 Å². The molecule has 3 nitrogen and oxygen atoms in total. The number of hydrogen-bond acceptors (Lipinski definition) is 3. The molecule has 0 saturated carbocycles. The second-order valence-electron chi connectivity index (χ2n) is 2.48. The van der Waals surface area contributed by atoms with Gasteiger partial charge in [-0.15, -0.1) is 0 Å². The number of phenols is 1. The molecular weight excluding hydrogens is 211 g/mol. The first-order valence-corrected chi connectivity index (χ1v) is 4.29. The van der Waals surface area contributed by atoms with Gasteiger partial charge in [0.2, 0.25) is 0 Å². The summed E-state index contributed by atoms with van der Waals surface area (Å²) in [6.45, 7) is 1.81. The Morgan fingerprint density at radius 2 is 2.29 bits per heavy atom. The third kappa shape index (κ3) is 1.96. The molecule has 1 N–H and O–H groups in total. The maximum absolute atomic E-state index is 13.0. The zero-order chi connectivity index (χ0) is 10.7. The minimum absolute atomic E-state index is 0.0937. The molecule has 0 amide bonds. The highest BCUT2D eigenvalue weighted by atomic mass is 35.5. The van der Waals surface area contributed by atoms with E-state index in [0.29, 0.717) is 0 Å². The van der Waals surface area contributed by atoms with Crippen LogP contribution in [0.25, 0.3) is 0 Å². The Morgan fingerprint density at radius 1 is 1.64 bits per heavy atom. The number of benzene rings is 1. The zero-order valence-corrected chi connectivity index (χ0v) is 8.14. The Kier molecular flexibility index (Phi) is 3.30. The van der Waals surface area contributed by atoms with Crippen molar-refractivity contribution < 1.29 is 19.0 Å². The van der Waals surface area contributed by atoms with Crippen LogP contribution in [0.4, 0.5) is 4.39 Å². The van der Waals surface area contributed by atoms with Crippen molar-refractivity contribution in [3.8, 4) is 5.75 Å². The Bertz CT molecular complexity index is 365. The van der Waals surface area contributed by atoms with E-state index < -0.39 is 22.6 Å².